The third-order valence-corrected chi connectivity index (χ3v) is 2.76. The zero-order chi connectivity index (χ0) is 11.1. The van der Waals surface area contributed by atoms with Crippen LogP contribution in [0.3, 0.4) is 0 Å². The molecule has 15 heavy (non-hydrogen) atoms. The summed E-state index contributed by atoms with van der Waals surface area (Å²) in [5.41, 5.74) is 6.80. The van der Waals surface area contributed by atoms with E-state index in [0.29, 0.717) is 5.82 Å². The SMILES string of the molecule is CCCCCCCc1onc(N)c1CC. The molecule has 0 spiro atoms. The Balaban J connectivity index is 2.30. The summed E-state index contributed by atoms with van der Waals surface area (Å²) in [7, 11) is 0. The molecule has 1 heterocycles. The molecule has 3 nitrogen and oxygen atoms in total. The molecule has 3 heteroatoms. The minimum absolute atomic E-state index is 0.570. The molecule has 2 N–H and O–H groups in total. The zero-order valence-electron chi connectivity index (χ0n) is 9.88. The number of nitrogens with zero attached hydrogens (tertiary/aromatic N) is 1. The smallest absolute Gasteiger partial charge is 0.170 e. The Morgan fingerprint density at radius 1 is 1.13 bits per heavy atom. The van der Waals surface area contributed by atoms with E-state index in [-0.39, 0.29) is 0 Å². The summed E-state index contributed by atoms with van der Waals surface area (Å²) in [6.45, 7) is 4.32. The number of nitrogens with two attached hydrogens (primary N) is 1. The minimum atomic E-state index is 0.570. The highest BCUT2D eigenvalue weighted by Crippen LogP contribution is 2.19. The first-order chi connectivity index (χ1) is 7.29. The summed E-state index contributed by atoms with van der Waals surface area (Å²) >= 11 is 0. The summed E-state index contributed by atoms with van der Waals surface area (Å²) < 4.78 is 5.22. The van der Waals surface area contributed by atoms with Crippen LogP contribution in [0.25, 0.3) is 0 Å². The van der Waals surface area contributed by atoms with E-state index in [1.54, 1.807) is 0 Å². The second-order valence-corrected chi connectivity index (χ2v) is 3.99. The Morgan fingerprint density at radius 3 is 2.53 bits per heavy atom. The molecular weight excluding hydrogens is 188 g/mol. The fraction of sp³-hybridized carbons (Fsp3) is 0.750. The lowest BCUT2D eigenvalue weighted by atomic mass is 10.1. The third-order valence-electron chi connectivity index (χ3n) is 2.76. The van der Waals surface area contributed by atoms with Gasteiger partial charge in [0.25, 0.3) is 0 Å². The predicted molar refractivity (Wildman–Crippen MR) is 62.8 cm³/mol. The Hall–Kier alpha value is -0.990. The zero-order valence-corrected chi connectivity index (χ0v) is 9.88. The topological polar surface area (TPSA) is 52.0 Å². The maximum atomic E-state index is 5.70. The number of anilines is 1. The summed E-state index contributed by atoms with van der Waals surface area (Å²) in [5, 5.41) is 3.81. The van der Waals surface area contributed by atoms with E-state index in [9.17, 15) is 0 Å². The van der Waals surface area contributed by atoms with Crippen LogP contribution in [0.5, 0.6) is 0 Å². The number of hydrogen-bond acceptors (Lipinski definition) is 3. The number of aryl methyl sites for hydroxylation is 1. The number of aromatic nitrogens is 1. The van der Waals surface area contributed by atoms with E-state index in [1.165, 1.54) is 32.1 Å². The van der Waals surface area contributed by atoms with E-state index in [1.807, 2.05) is 0 Å². The Morgan fingerprint density at radius 2 is 1.87 bits per heavy atom. The largest absolute Gasteiger partial charge is 0.381 e. The van der Waals surface area contributed by atoms with E-state index in [2.05, 4.69) is 19.0 Å². The van der Waals surface area contributed by atoms with Gasteiger partial charge in [-0.25, -0.2) is 0 Å². The van der Waals surface area contributed by atoms with Gasteiger partial charge in [0.05, 0.1) is 0 Å². The molecule has 0 fully saturated rings. The fourth-order valence-corrected chi connectivity index (χ4v) is 1.82. The second kappa shape index (κ2) is 6.49. The first-order valence-electron chi connectivity index (χ1n) is 6.02. The Labute approximate surface area is 92.0 Å². The standard InChI is InChI=1S/C12H22N2O/c1-3-5-6-7-8-9-11-10(4-2)12(13)14-15-11/h3-9H2,1-2H3,(H2,13,14). The van der Waals surface area contributed by atoms with Crippen molar-refractivity contribution in [3.8, 4) is 0 Å². The quantitative estimate of drug-likeness (QED) is 0.702. The van der Waals surface area contributed by atoms with Crippen molar-refractivity contribution in [2.75, 3.05) is 5.73 Å². The van der Waals surface area contributed by atoms with Gasteiger partial charge in [-0.3, -0.25) is 0 Å². The van der Waals surface area contributed by atoms with Gasteiger partial charge in [-0.05, 0) is 12.8 Å². The molecular formula is C12H22N2O. The van der Waals surface area contributed by atoms with Crippen LogP contribution in [0.15, 0.2) is 4.52 Å². The maximum Gasteiger partial charge on any atom is 0.170 e. The van der Waals surface area contributed by atoms with Gasteiger partial charge in [0.1, 0.15) is 5.76 Å². The van der Waals surface area contributed by atoms with E-state index < -0.39 is 0 Å². The third kappa shape index (κ3) is 3.57. The van der Waals surface area contributed by atoms with Crippen LogP contribution < -0.4 is 5.73 Å². The van der Waals surface area contributed by atoms with Gasteiger partial charge >= 0.3 is 0 Å². The van der Waals surface area contributed by atoms with Crippen molar-refractivity contribution in [3.63, 3.8) is 0 Å². The van der Waals surface area contributed by atoms with Gasteiger partial charge in [0, 0.05) is 12.0 Å². The molecule has 0 bridgehead atoms. The number of unbranched alkanes of at least 4 members (excludes halogenated alkanes) is 4. The van der Waals surface area contributed by atoms with Gasteiger partial charge in [-0.15, -0.1) is 0 Å². The lowest BCUT2D eigenvalue weighted by Gasteiger charge is -1.99. The number of rotatable bonds is 7. The van der Waals surface area contributed by atoms with Crippen LogP contribution in [-0.4, -0.2) is 5.16 Å². The summed E-state index contributed by atoms with van der Waals surface area (Å²) in [6.07, 6.45) is 8.30. The first-order valence-corrected chi connectivity index (χ1v) is 6.02. The van der Waals surface area contributed by atoms with Gasteiger partial charge in [-0.2, -0.15) is 0 Å². The van der Waals surface area contributed by atoms with Crippen molar-refractivity contribution in [1.82, 2.24) is 5.16 Å². The minimum Gasteiger partial charge on any atom is -0.381 e. The maximum absolute atomic E-state index is 5.70. The molecule has 0 amide bonds. The molecule has 86 valence electrons. The number of nitrogen functional groups attached to an aromatic ring is 1. The normalized spacial score (nSPS) is 10.8. The first kappa shape index (κ1) is 12.1. The molecule has 1 rings (SSSR count). The van der Waals surface area contributed by atoms with Gasteiger partial charge in [-0.1, -0.05) is 44.7 Å². The van der Waals surface area contributed by atoms with Crippen molar-refractivity contribution in [3.05, 3.63) is 11.3 Å². The van der Waals surface area contributed by atoms with Crippen LogP contribution in [0.1, 0.15) is 57.3 Å². The lowest BCUT2D eigenvalue weighted by molar-refractivity contribution is 0.379. The van der Waals surface area contributed by atoms with Gasteiger partial charge < -0.3 is 10.3 Å². The molecule has 0 aliphatic carbocycles. The molecule has 0 atom stereocenters. The van der Waals surface area contributed by atoms with Crippen LogP contribution in [0.4, 0.5) is 5.82 Å². The molecule has 1 aromatic heterocycles. The van der Waals surface area contributed by atoms with Gasteiger partial charge in [0.15, 0.2) is 5.82 Å². The monoisotopic (exact) mass is 210 g/mol. The Kier molecular flexibility index (Phi) is 5.22. The van der Waals surface area contributed by atoms with Crippen molar-refractivity contribution >= 4 is 5.82 Å². The van der Waals surface area contributed by atoms with E-state index in [4.69, 9.17) is 10.3 Å². The number of hydrogen-bond donors (Lipinski definition) is 1. The Bertz CT molecular complexity index is 281. The molecule has 0 aromatic carbocycles. The van der Waals surface area contributed by atoms with Crippen LogP contribution >= 0.6 is 0 Å². The molecule has 1 aromatic rings. The molecule has 0 aliphatic heterocycles. The average Bonchev–Trinajstić information content (AvgIpc) is 2.59. The summed E-state index contributed by atoms with van der Waals surface area (Å²) in [4.78, 5) is 0. The van der Waals surface area contributed by atoms with Crippen LogP contribution in [-0.2, 0) is 12.8 Å². The molecule has 0 unspecified atom stereocenters. The summed E-state index contributed by atoms with van der Waals surface area (Å²) in [5.74, 6) is 1.56. The lowest BCUT2D eigenvalue weighted by Crippen LogP contribution is -1.93. The van der Waals surface area contributed by atoms with Gasteiger partial charge in [0.2, 0.25) is 0 Å². The van der Waals surface area contributed by atoms with Crippen molar-refractivity contribution in [1.29, 1.82) is 0 Å². The average molecular weight is 210 g/mol. The van der Waals surface area contributed by atoms with Crippen molar-refractivity contribution in [2.24, 2.45) is 0 Å². The highest BCUT2D eigenvalue weighted by Gasteiger charge is 2.10. The second-order valence-electron chi connectivity index (χ2n) is 3.99. The van der Waals surface area contributed by atoms with Crippen molar-refractivity contribution < 1.29 is 4.52 Å². The van der Waals surface area contributed by atoms with Crippen LogP contribution in [0, 0.1) is 0 Å². The molecule has 0 aliphatic rings. The predicted octanol–water partition coefficient (Wildman–Crippen LogP) is 3.33. The van der Waals surface area contributed by atoms with E-state index in [0.717, 1.165) is 24.2 Å². The highest BCUT2D eigenvalue weighted by molar-refractivity contribution is 5.40. The summed E-state index contributed by atoms with van der Waals surface area (Å²) in [6, 6.07) is 0. The fourth-order valence-electron chi connectivity index (χ4n) is 1.82. The molecule has 0 saturated heterocycles. The molecule has 0 saturated carbocycles. The highest BCUT2D eigenvalue weighted by atomic mass is 16.5. The van der Waals surface area contributed by atoms with Crippen molar-refractivity contribution in [2.45, 2.75) is 58.8 Å². The van der Waals surface area contributed by atoms with Crippen LogP contribution in [0.2, 0.25) is 0 Å². The van der Waals surface area contributed by atoms with E-state index >= 15 is 0 Å². The molecule has 0 radical (unpaired) electrons.